The van der Waals surface area contributed by atoms with Crippen molar-refractivity contribution >= 4 is 18.1 Å². The molecule has 0 saturated carbocycles. The number of benzene rings is 2. The summed E-state index contributed by atoms with van der Waals surface area (Å²) in [5.74, 6) is 0.929. The molecular weight excluding hydrogens is 340 g/mol. The molecule has 1 unspecified atom stereocenters. The maximum Gasteiger partial charge on any atom is 0.223 e. The first-order valence-corrected chi connectivity index (χ1v) is 9.40. The van der Waals surface area contributed by atoms with Gasteiger partial charge in [-0.25, -0.2) is 4.99 Å². The van der Waals surface area contributed by atoms with Gasteiger partial charge in [-0.1, -0.05) is 42.5 Å². The highest BCUT2D eigenvalue weighted by atomic mass is 32.2. The standard InChI is InChI=1S/C21H18N4S/c1-16-7-8-19(13-20(16)26-14-17-5-3-2-4-6-17)21(23-15-24-25-21)18-9-11-22-12-10-18/h2-13,15H,14H2,1H3. The molecule has 1 atom stereocenters. The van der Waals surface area contributed by atoms with Crippen molar-refractivity contribution in [2.45, 2.75) is 23.2 Å². The lowest BCUT2D eigenvalue weighted by molar-refractivity contribution is 0.569. The Labute approximate surface area is 157 Å². The average molecular weight is 358 g/mol. The summed E-state index contributed by atoms with van der Waals surface area (Å²) < 4.78 is 0. The van der Waals surface area contributed by atoms with Crippen LogP contribution >= 0.6 is 11.8 Å². The Morgan fingerprint density at radius 3 is 2.46 bits per heavy atom. The van der Waals surface area contributed by atoms with E-state index < -0.39 is 5.66 Å². The summed E-state index contributed by atoms with van der Waals surface area (Å²) in [7, 11) is 0. The average Bonchev–Trinajstić information content (AvgIpc) is 3.20. The first kappa shape index (κ1) is 16.7. The maximum atomic E-state index is 4.60. The zero-order chi connectivity index (χ0) is 17.8. The molecule has 4 nitrogen and oxygen atoms in total. The molecule has 128 valence electrons. The molecule has 2 heterocycles. The fourth-order valence-corrected chi connectivity index (χ4v) is 3.99. The number of aromatic nitrogens is 1. The number of aryl methyl sites for hydroxylation is 1. The second-order valence-corrected chi connectivity index (χ2v) is 7.14. The Morgan fingerprint density at radius 2 is 1.73 bits per heavy atom. The van der Waals surface area contributed by atoms with Crippen LogP contribution in [-0.4, -0.2) is 11.3 Å². The van der Waals surface area contributed by atoms with E-state index in [0.29, 0.717) is 0 Å². The van der Waals surface area contributed by atoms with Gasteiger partial charge < -0.3 is 0 Å². The first-order valence-electron chi connectivity index (χ1n) is 8.42. The quantitative estimate of drug-likeness (QED) is 0.575. The van der Waals surface area contributed by atoms with Crippen LogP contribution in [0.5, 0.6) is 0 Å². The molecule has 0 fully saturated rings. The van der Waals surface area contributed by atoms with Crippen LogP contribution < -0.4 is 0 Å². The van der Waals surface area contributed by atoms with Gasteiger partial charge in [0.25, 0.3) is 0 Å². The van der Waals surface area contributed by atoms with Gasteiger partial charge in [-0.3, -0.25) is 4.98 Å². The fourth-order valence-electron chi connectivity index (χ4n) is 2.97. The molecule has 26 heavy (non-hydrogen) atoms. The molecule has 0 saturated heterocycles. The van der Waals surface area contributed by atoms with Gasteiger partial charge in [-0.2, -0.15) is 0 Å². The summed E-state index contributed by atoms with van der Waals surface area (Å²) in [6, 6.07) is 20.8. The van der Waals surface area contributed by atoms with Crippen LogP contribution in [0, 0.1) is 6.92 Å². The van der Waals surface area contributed by atoms with E-state index in [2.05, 4.69) is 69.6 Å². The van der Waals surface area contributed by atoms with Crippen molar-refractivity contribution in [3.05, 3.63) is 95.3 Å². The molecule has 2 aromatic carbocycles. The van der Waals surface area contributed by atoms with Crippen molar-refractivity contribution in [1.29, 1.82) is 0 Å². The molecule has 1 aromatic heterocycles. The third-order valence-electron chi connectivity index (χ3n) is 4.41. The van der Waals surface area contributed by atoms with Crippen molar-refractivity contribution < 1.29 is 0 Å². The third-order valence-corrected chi connectivity index (χ3v) is 5.64. The maximum absolute atomic E-state index is 4.60. The van der Waals surface area contributed by atoms with E-state index in [9.17, 15) is 0 Å². The second-order valence-electron chi connectivity index (χ2n) is 6.12. The molecule has 5 heteroatoms. The minimum absolute atomic E-state index is 0.807. The van der Waals surface area contributed by atoms with Crippen molar-refractivity contribution in [3.8, 4) is 0 Å². The van der Waals surface area contributed by atoms with E-state index in [4.69, 9.17) is 0 Å². The Morgan fingerprint density at radius 1 is 0.923 bits per heavy atom. The number of aliphatic imine (C=N–C) groups is 1. The Hall–Kier alpha value is -2.79. The molecule has 4 rings (SSSR count). The van der Waals surface area contributed by atoms with Crippen LogP contribution in [-0.2, 0) is 11.4 Å². The van der Waals surface area contributed by atoms with Gasteiger partial charge in [-0.05, 0) is 36.2 Å². The lowest BCUT2D eigenvalue weighted by Crippen LogP contribution is -2.20. The van der Waals surface area contributed by atoms with E-state index in [-0.39, 0.29) is 0 Å². The van der Waals surface area contributed by atoms with E-state index in [1.165, 1.54) is 22.4 Å². The monoisotopic (exact) mass is 358 g/mol. The van der Waals surface area contributed by atoms with Crippen molar-refractivity contribution in [3.63, 3.8) is 0 Å². The highest BCUT2D eigenvalue weighted by Crippen LogP contribution is 2.40. The Kier molecular flexibility index (Phi) is 4.63. The smallest absolute Gasteiger partial charge is 0.223 e. The molecule has 0 aliphatic carbocycles. The molecule has 0 amide bonds. The lowest BCUT2D eigenvalue weighted by Gasteiger charge is -2.23. The molecule has 0 radical (unpaired) electrons. The molecule has 0 N–H and O–H groups in total. The highest BCUT2D eigenvalue weighted by molar-refractivity contribution is 7.98. The summed E-state index contributed by atoms with van der Waals surface area (Å²) in [5, 5.41) is 8.50. The topological polar surface area (TPSA) is 50.0 Å². The summed E-state index contributed by atoms with van der Waals surface area (Å²) >= 11 is 1.83. The number of thioether (sulfide) groups is 1. The van der Waals surface area contributed by atoms with Crippen LogP contribution in [0.2, 0.25) is 0 Å². The molecule has 0 bridgehead atoms. The minimum atomic E-state index is -0.807. The van der Waals surface area contributed by atoms with Crippen molar-refractivity contribution in [1.82, 2.24) is 4.98 Å². The summed E-state index contributed by atoms with van der Waals surface area (Å²) in [5.41, 5.74) is 3.73. The first-order chi connectivity index (χ1) is 12.8. The van der Waals surface area contributed by atoms with Crippen LogP contribution in [0.3, 0.4) is 0 Å². The molecular formula is C21H18N4S. The number of hydrogen-bond donors (Lipinski definition) is 0. The summed E-state index contributed by atoms with van der Waals surface area (Å²) in [6.07, 6.45) is 5.05. The van der Waals surface area contributed by atoms with Gasteiger partial charge in [0.15, 0.2) is 0 Å². The van der Waals surface area contributed by atoms with Crippen molar-refractivity contribution in [2.24, 2.45) is 15.2 Å². The van der Waals surface area contributed by atoms with Gasteiger partial charge in [0, 0.05) is 34.2 Å². The predicted octanol–water partition coefficient (Wildman–Crippen LogP) is 5.38. The van der Waals surface area contributed by atoms with Gasteiger partial charge >= 0.3 is 0 Å². The number of azo groups is 1. The molecule has 3 aromatic rings. The largest absolute Gasteiger partial charge is 0.265 e. The fraction of sp³-hybridized carbons (Fsp3) is 0.143. The van der Waals surface area contributed by atoms with E-state index in [1.807, 2.05) is 30.0 Å². The van der Waals surface area contributed by atoms with Crippen LogP contribution in [0.15, 0.2) is 93.2 Å². The normalized spacial score (nSPS) is 18.3. The van der Waals surface area contributed by atoms with Crippen LogP contribution in [0.4, 0.5) is 0 Å². The van der Waals surface area contributed by atoms with Crippen LogP contribution in [0.1, 0.15) is 22.3 Å². The molecule has 1 aliphatic heterocycles. The molecule has 1 aliphatic rings. The van der Waals surface area contributed by atoms with Gasteiger partial charge in [0.05, 0.1) is 0 Å². The summed E-state index contributed by atoms with van der Waals surface area (Å²) in [4.78, 5) is 9.94. The van der Waals surface area contributed by atoms with Gasteiger partial charge in [0.2, 0.25) is 5.66 Å². The zero-order valence-electron chi connectivity index (χ0n) is 14.4. The Bertz CT molecular complexity index is 940. The second kappa shape index (κ2) is 7.22. The number of pyridine rings is 1. The van der Waals surface area contributed by atoms with Gasteiger partial charge in [-0.15, -0.1) is 22.0 Å². The van der Waals surface area contributed by atoms with Crippen LogP contribution in [0.25, 0.3) is 0 Å². The minimum Gasteiger partial charge on any atom is -0.265 e. The lowest BCUT2D eigenvalue weighted by atomic mass is 9.92. The number of nitrogens with zero attached hydrogens (tertiary/aromatic N) is 4. The van der Waals surface area contributed by atoms with Gasteiger partial charge in [0.1, 0.15) is 6.34 Å². The predicted molar refractivity (Wildman–Crippen MR) is 106 cm³/mol. The van der Waals surface area contributed by atoms with E-state index >= 15 is 0 Å². The number of rotatable bonds is 5. The SMILES string of the molecule is Cc1ccc(C2(c3ccncc3)N=CN=N2)cc1SCc1ccccc1. The van der Waals surface area contributed by atoms with E-state index in [1.54, 1.807) is 12.4 Å². The van der Waals surface area contributed by atoms with E-state index in [0.717, 1.165) is 16.9 Å². The Balaban J connectivity index is 1.69. The third kappa shape index (κ3) is 3.18. The zero-order valence-corrected chi connectivity index (χ0v) is 15.2. The highest BCUT2D eigenvalue weighted by Gasteiger charge is 2.36. The summed E-state index contributed by atoms with van der Waals surface area (Å²) in [6.45, 7) is 2.13. The number of hydrogen-bond acceptors (Lipinski definition) is 5. The van der Waals surface area contributed by atoms with Crippen molar-refractivity contribution in [2.75, 3.05) is 0 Å². The molecule has 0 spiro atoms.